The molecule has 0 aromatic heterocycles. The third kappa shape index (κ3) is 2.96. The SMILES string of the molecule is CCOC(=O)C(O)=CC=C1CCc2ccccc2C1=O. The molecular formula is C16H16O4. The fraction of sp³-hybridized carbons (Fsp3) is 0.250. The van der Waals surface area contributed by atoms with Gasteiger partial charge in [-0.3, -0.25) is 4.79 Å². The zero-order valence-corrected chi connectivity index (χ0v) is 11.3. The molecule has 1 N–H and O–H groups in total. The van der Waals surface area contributed by atoms with Crippen LogP contribution in [0.1, 0.15) is 29.3 Å². The third-order valence-electron chi connectivity index (χ3n) is 3.14. The smallest absolute Gasteiger partial charge is 0.373 e. The maximum Gasteiger partial charge on any atom is 0.373 e. The summed E-state index contributed by atoms with van der Waals surface area (Å²) in [6.07, 6.45) is 4.09. The van der Waals surface area contributed by atoms with Crippen molar-refractivity contribution in [3.05, 3.63) is 58.9 Å². The molecule has 1 aliphatic rings. The van der Waals surface area contributed by atoms with Crippen LogP contribution in [0.5, 0.6) is 0 Å². The Hall–Kier alpha value is -2.36. The number of hydrogen-bond donors (Lipinski definition) is 1. The van der Waals surface area contributed by atoms with Crippen LogP contribution in [0.4, 0.5) is 0 Å². The first-order valence-electron chi connectivity index (χ1n) is 6.53. The highest BCUT2D eigenvalue weighted by atomic mass is 16.5. The Bertz CT molecular complexity index is 596. The number of hydrogen-bond acceptors (Lipinski definition) is 4. The Morgan fingerprint density at radius 2 is 2.10 bits per heavy atom. The van der Waals surface area contributed by atoms with Gasteiger partial charge in [0.15, 0.2) is 5.78 Å². The normalized spacial score (nSPS) is 16.9. The third-order valence-corrected chi connectivity index (χ3v) is 3.14. The van der Waals surface area contributed by atoms with Crippen LogP contribution in [-0.4, -0.2) is 23.5 Å². The summed E-state index contributed by atoms with van der Waals surface area (Å²) in [7, 11) is 0. The Labute approximate surface area is 117 Å². The largest absolute Gasteiger partial charge is 0.502 e. The van der Waals surface area contributed by atoms with Crippen LogP contribution in [0.3, 0.4) is 0 Å². The lowest BCUT2D eigenvalue weighted by Crippen LogP contribution is -2.14. The van der Waals surface area contributed by atoms with Gasteiger partial charge in [-0.1, -0.05) is 30.3 Å². The van der Waals surface area contributed by atoms with Crippen molar-refractivity contribution in [1.29, 1.82) is 0 Å². The van der Waals surface area contributed by atoms with Crippen molar-refractivity contribution in [2.45, 2.75) is 19.8 Å². The molecule has 1 aliphatic carbocycles. The molecule has 0 spiro atoms. The van der Waals surface area contributed by atoms with Crippen LogP contribution < -0.4 is 0 Å². The van der Waals surface area contributed by atoms with Crippen LogP contribution in [-0.2, 0) is 16.0 Å². The minimum absolute atomic E-state index is 0.0558. The summed E-state index contributed by atoms with van der Waals surface area (Å²) in [5, 5.41) is 9.49. The number of carbonyl (C=O) groups is 2. The highest BCUT2D eigenvalue weighted by Crippen LogP contribution is 2.24. The zero-order valence-electron chi connectivity index (χ0n) is 11.3. The standard InChI is InChI=1S/C16H16O4/c1-2-20-16(19)14(17)10-9-12-8-7-11-5-3-4-6-13(11)15(12)18/h3-6,9-10,17H,2,7-8H2,1H3. The Morgan fingerprint density at radius 1 is 1.35 bits per heavy atom. The van der Waals surface area contributed by atoms with E-state index in [4.69, 9.17) is 0 Å². The summed E-state index contributed by atoms with van der Waals surface area (Å²) in [5.74, 6) is -1.33. The topological polar surface area (TPSA) is 63.6 Å². The van der Waals surface area contributed by atoms with Gasteiger partial charge in [-0.05, 0) is 31.4 Å². The molecule has 104 valence electrons. The van der Waals surface area contributed by atoms with Crippen molar-refractivity contribution in [2.75, 3.05) is 6.61 Å². The van der Waals surface area contributed by atoms with E-state index in [-0.39, 0.29) is 12.4 Å². The first-order chi connectivity index (χ1) is 9.63. The molecule has 0 saturated heterocycles. The van der Waals surface area contributed by atoms with Gasteiger partial charge in [-0.25, -0.2) is 4.79 Å². The van der Waals surface area contributed by atoms with Gasteiger partial charge in [0.1, 0.15) is 0 Å². The van der Waals surface area contributed by atoms with Crippen LogP contribution in [0.2, 0.25) is 0 Å². The quantitative estimate of drug-likeness (QED) is 0.522. The van der Waals surface area contributed by atoms with Crippen molar-refractivity contribution in [3.8, 4) is 0 Å². The number of carbonyl (C=O) groups excluding carboxylic acids is 2. The van der Waals surface area contributed by atoms with Crippen molar-refractivity contribution in [2.24, 2.45) is 0 Å². The van der Waals surface area contributed by atoms with E-state index in [9.17, 15) is 14.7 Å². The molecule has 0 bridgehead atoms. The fourth-order valence-corrected chi connectivity index (χ4v) is 2.13. The van der Waals surface area contributed by atoms with Gasteiger partial charge in [0.25, 0.3) is 0 Å². The molecule has 0 radical (unpaired) electrons. The molecule has 20 heavy (non-hydrogen) atoms. The molecule has 2 rings (SSSR count). The van der Waals surface area contributed by atoms with Crippen LogP contribution in [0.25, 0.3) is 0 Å². The summed E-state index contributed by atoms with van der Waals surface area (Å²) in [6.45, 7) is 1.85. The minimum atomic E-state index is -0.784. The minimum Gasteiger partial charge on any atom is -0.502 e. The molecular weight excluding hydrogens is 256 g/mol. The molecule has 0 aliphatic heterocycles. The zero-order chi connectivity index (χ0) is 14.5. The number of fused-ring (bicyclic) bond motifs is 1. The van der Waals surface area contributed by atoms with Gasteiger partial charge in [-0.2, -0.15) is 0 Å². The number of aliphatic hydroxyl groups excluding tert-OH is 1. The number of ether oxygens (including phenoxy) is 1. The Kier molecular flexibility index (Phi) is 4.35. The van der Waals surface area contributed by atoms with E-state index >= 15 is 0 Å². The van der Waals surface area contributed by atoms with E-state index in [0.717, 1.165) is 12.0 Å². The lowest BCUT2D eigenvalue weighted by Gasteiger charge is -2.16. The summed E-state index contributed by atoms with van der Waals surface area (Å²) in [5.41, 5.74) is 2.31. The summed E-state index contributed by atoms with van der Waals surface area (Å²) < 4.78 is 4.66. The number of Topliss-reactive ketones (excluding diaryl/α,β-unsaturated/α-hetero) is 1. The average molecular weight is 272 g/mol. The van der Waals surface area contributed by atoms with Gasteiger partial charge >= 0.3 is 5.97 Å². The first-order valence-corrected chi connectivity index (χ1v) is 6.53. The maximum atomic E-state index is 12.2. The number of rotatable bonds is 3. The summed E-state index contributed by atoms with van der Waals surface area (Å²) >= 11 is 0. The fourth-order valence-electron chi connectivity index (χ4n) is 2.13. The number of ketones is 1. The van der Waals surface area contributed by atoms with Crippen LogP contribution in [0, 0.1) is 0 Å². The van der Waals surface area contributed by atoms with E-state index in [1.54, 1.807) is 13.0 Å². The second-order valence-corrected chi connectivity index (χ2v) is 4.45. The molecule has 0 unspecified atom stereocenters. The van der Waals surface area contributed by atoms with Crippen molar-refractivity contribution >= 4 is 11.8 Å². The van der Waals surface area contributed by atoms with E-state index in [1.807, 2.05) is 18.2 Å². The lowest BCUT2D eigenvalue weighted by molar-refractivity contribution is -0.141. The van der Waals surface area contributed by atoms with Crippen molar-refractivity contribution in [3.63, 3.8) is 0 Å². The predicted molar refractivity (Wildman–Crippen MR) is 74.5 cm³/mol. The molecule has 0 heterocycles. The van der Waals surface area contributed by atoms with E-state index in [0.29, 0.717) is 17.6 Å². The maximum absolute atomic E-state index is 12.2. The second-order valence-electron chi connectivity index (χ2n) is 4.45. The van der Waals surface area contributed by atoms with Gasteiger partial charge in [0.2, 0.25) is 5.76 Å². The van der Waals surface area contributed by atoms with Gasteiger partial charge < -0.3 is 9.84 Å². The molecule has 0 fully saturated rings. The monoisotopic (exact) mass is 272 g/mol. The van der Waals surface area contributed by atoms with Crippen molar-refractivity contribution in [1.82, 2.24) is 0 Å². The lowest BCUT2D eigenvalue weighted by atomic mass is 9.87. The van der Waals surface area contributed by atoms with Crippen LogP contribution in [0.15, 0.2) is 47.7 Å². The Balaban J connectivity index is 2.19. The molecule has 1 aromatic rings. The highest BCUT2D eigenvalue weighted by molar-refractivity contribution is 6.10. The summed E-state index contributed by atoms with van der Waals surface area (Å²) in [4.78, 5) is 23.5. The number of benzene rings is 1. The molecule has 0 amide bonds. The number of aliphatic hydroxyl groups is 1. The van der Waals surface area contributed by atoms with E-state index in [1.165, 1.54) is 12.2 Å². The van der Waals surface area contributed by atoms with E-state index < -0.39 is 11.7 Å². The predicted octanol–water partition coefficient (Wildman–Crippen LogP) is 2.75. The Morgan fingerprint density at radius 3 is 2.85 bits per heavy atom. The van der Waals surface area contributed by atoms with Crippen LogP contribution >= 0.6 is 0 Å². The summed E-state index contributed by atoms with van der Waals surface area (Å²) in [6, 6.07) is 7.47. The first kappa shape index (κ1) is 14.1. The molecule has 0 atom stereocenters. The van der Waals surface area contributed by atoms with Gasteiger partial charge in [-0.15, -0.1) is 0 Å². The second kappa shape index (κ2) is 6.19. The average Bonchev–Trinajstić information content (AvgIpc) is 2.47. The molecule has 4 heteroatoms. The number of allylic oxidation sites excluding steroid dienone is 3. The van der Waals surface area contributed by atoms with Gasteiger partial charge in [0.05, 0.1) is 6.61 Å². The molecule has 1 aromatic carbocycles. The van der Waals surface area contributed by atoms with Gasteiger partial charge in [0, 0.05) is 11.1 Å². The number of aryl methyl sites for hydroxylation is 1. The molecule has 4 nitrogen and oxygen atoms in total. The van der Waals surface area contributed by atoms with Crippen molar-refractivity contribution < 1.29 is 19.4 Å². The van der Waals surface area contributed by atoms with E-state index in [2.05, 4.69) is 4.74 Å². The molecule has 0 saturated carbocycles. The highest BCUT2D eigenvalue weighted by Gasteiger charge is 2.20. The number of esters is 1.